The van der Waals surface area contributed by atoms with E-state index in [1.807, 2.05) is 48.5 Å². The highest BCUT2D eigenvalue weighted by molar-refractivity contribution is 5.96. The van der Waals surface area contributed by atoms with Crippen molar-refractivity contribution >= 4 is 17.3 Å². The Morgan fingerprint density at radius 2 is 1.83 bits per heavy atom. The normalized spacial score (nSPS) is 15.4. The Balaban J connectivity index is 1.73. The predicted molar refractivity (Wildman–Crippen MR) is 94.8 cm³/mol. The van der Waals surface area contributed by atoms with Gasteiger partial charge in [0.1, 0.15) is 0 Å². The quantitative estimate of drug-likeness (QED) is 0.893. The van der Waals surface area contributed by atoms with E-state index in [-0.39, 0.29) is 11.8 Å². The van der Waals surface area contributed by atoms with Crippen molar-refractivity contribution in [2.75, 3.05) is 29.9 Å². The van der Waals surface area contributed by atoms with Gasteiger partial charge in [-0.3, -0.25) is 4.79 Å². The molecule has 0 spiro atoms. The second kappa shape index (κ2) is 7.29. The van der Waals surface area contributed by atoms with Crippen LogP contribution in [0.4, 0.5) is 11.4 Å². The molecular formula is C19H23N3O. The van der Waals surface area contributed by atoms with Gasteiger partial charge in [-0.1, -0.05) is 36.4 Å². The molecule has 4 nitrogen and oxygen atoms in total. The third-order valence-corrected chi connectivity index (χ3v) is 4.34. The Labute approximate surface area is 137 Å². The summed E-state index contributed by atoms with van der Waals surface area (Å²) >= 11 is 0. The molecule has 1 unspecified atom stereocenters. The number of carbonyl (C=O) groups excluding carboxylic acids is 1. The van der Waals surface area contributed by atoms with E-state index < -0.39 is 0 Å². The van der Waals surface area contributed by atoms with Crippen molar-refractivity contribution in [3.63, 3.8) is 0 Å². The number of carbonyl (C=O) groups is 1. The van der Waals surface area contributed by atoms with Crippen LogP contribution in [0.25, 0.3) is 0 Å². The molecule has 23 heavy (non-hydrogen) atoms. The van der Waals surface area contributed by atoms with Gasteiger partial charge in [0.25, 0.3) is 0 Å². The van der Waals surface area contributed by atoms with E-state index in [0.717, 1.165) is 24.3 Å². The van der Waals surface area contributed by atoms with Crippen molar-refractivity contribution in [2.45, 2.75) is 18.8 Å². The number of benzene rings is 2. The minimum atomic E-state index is -0.327. The van der Waals surface area contributed by atoms with Crippen LogP contribution in [0.3, 0.4) is 0 Å². The summed E-state index contributed by atoms with van der Waals surface area (Å²) in [5.74, 6) is -0.385. The van der Waals surface area contributed by atoms with Gasteiger partial charge in [-0.05, 0) is 36.6 Å². The molecule has 2 aromatic carbocycles. The largest absolute Gasteiger partial charge is 0.371 e. The average molecular weight is 309 g/mol. The van der Waals surface area contributed by atoms with E-state index >= 15 is 0 Å². The molecule has 120 valence electrons. The third kappa shape index (κ3) is 3.71. The van der Waals surface area contributed by atoms with Crippen LogP contribution < -0.4 is 16.0 Å². The molecule has 4 heteroatoms. The standard InChI is InChI=1S/C19H23N3O/c20-14-18(15-7-2-1-3-8-15)19(23)21-16-9-6-10-17(13-16)22-11-4-5-12-22/h1-3,6-10,13,18H,4-5,11-12,14,20H2,(H,21,23). The molecule has 1 saturated heterocycles. The van der Waals surface area contributed by atoms with Gasteiger partial charge in [0.2, 0.25) is 5.91 Å². The summed E-state index contributed by atoms with van der Waals surface area (Å²) in [5.41, 5.74) is 8.77. The zero-order chi connectivity index (χ0) is 16.1. The number of rotatable bonds is 5. The smallest absolute Gasteiger partial charge is 0.233 e. The number of hydrogen-bond acceptors (Lipinski definition) is 3. The topological polar surface area (TPSA) is 58.4 Å². The van der Waals surface area contributed by atoms with E-state index in [1.54, 1.807) is 0 Å². The van der Waals surface area contributed by atoms with E-state index in [2.05, 4.69) is 16.3 Å². The number of hydrogen-bond donors (Lipinski definition) is 2. The molecule has 1 aliphatic rings. The van der Waals surface area contributed by atoms with E-state index in [0.29, 0.717) is 6.54 Å². The highest BCUT2D eigenvalue weighted by Crippen LogP contribution is 2.24. The fourth-order valence-corrected chi connectivity index (χ4v) is 3.06. The maximum atomic E-state index is 12.6. The molecule has 1 heterocycles. The van der Waals surface area contributed by atoms with Crippen LogP contribution in [0.5, 0.6) is 0 Å². The van der Waals surface area contributed by atoms with Gasteiger partial charge in [-0.25, -0.2) is 0 Å². The molecule has 0 aromatic heterocycles. The van der Waals surface area contributed by atoms with Gasteiger partial charge in [-0.2, -0.15) is 0 Å². The lowest BCUT2D eigenvalue weighted by molar-refractivity contribution is -0.117. The van der Waals surface area contributed by atoms with Crippen LogP contribution in [0.15, 0.2) is 54.6 Å². The van der Waals surface area contributed by atoms with Gasteiger partial charge < -0.3 is 16.0 Å². The fourth-order valence-electron chi connectivity index (χ4n) is 3.06. The Kier molecular flexibility index (Phi) is 4.93. The SMILES string of the molecule is NCC(C(=O)Nc1cccc(N2CCCC2)c1)c1ccccc1. The first kappa shape index (κ1) is 15.6. The molecule has 2 aromatic rings. The number of anilines is 2. The van der Waals surface area contributed by atoms with Crippen LogP contribution in [0, 0.1) is 0 Å². The number of nitrogens with two attached hydrogens (primary N) is 1. The summed E-state index contributed by atoms with van der Waals surface area (Å²) in [6.07, 6.45) is 2.47. The van der Waals surface area contributed by atoms with Crippen molar-refractivity contribution in [2.24, 2.45) is 5.73 Å². The predicted octanol–water partition coefficient (Wildman–Crippen LogP) is 2.97. The van der Waals surface area contributed by atoms with E-state index in [9.17, 15) is 4.79 Å². The van der Waals surface area contributed by atoms with Crippen molar-refractivity contribution in [3.8, 4) is 0 Å². The van der Waals surface area contributed by atoms with Gasteiger partial charge in [-0.15, -0.1) is 0 Å². The maximum Gasteiger partial charge on any atom is 0.233 e. The second-order valence-corrected chi connectivity index (χ2v) is 5.93. The van der Waals surface area contributed by atoms with Crippen molar-refractivity contribution in [1.29, 1.82) is 0 Å². The number of nitrogens with zero attached hydrogens (tertiary/aromatic N) is 1. The lowest BCUT2D eigenvalue weighted by Gasteiger charge is -2.19. The maximum absolute atomic E-state index is 12.6. The van der Waals surface area contributed by atoms with Crippen LogP contribution in [-0.2, 0) is 4.79 Å². The molecule has 0 bridgehead atoms. The highest BCUT2D eigenvalue weighted by Gasteiger charge is 2.19. The Bertz CT molecular complexity index is 651. The lowest BCUT2D eigenvalue weighted by atomic mass is 9.98. The summed E-state index contributed by atoms with van der Waals surface area (Å²) in [6, 6.07) is 17.7. The molecule has 3 N–H and O–H groups in total. The Morgan fingerprint density at radius 3 is 2.52 bits per heavy atom. The molecule has 1 amide bonds. The molecule has 3 rings (SSSR count). The van der Waals surface area contributed by atoms with Crippen LogP contribution in [0.1, 0.15) is 24.3 Å². The number of nitrogens with one attached hydrogen (secondary N) is 1. The van der Waals surface area contributed by atoms with Crippen molar-refractivity contribution in [1.82, 2.24) is 0 Å². The van der Waals surface area contributed by atoms with E-state index in [1.165, 1.54) is 18.5 Å². The molecule has 1 atom stereocenters. The Morgan fingerprint density at radius 1 is 1.09 bits per heavy atom. The Hall–Kier alpha value is -2.33. The molecular weight excluding hydrogens is 286 g/mol. The summed E-state index contributed by atoms with van der Waals surface area (Å²) in [4.78, 5) is 14.9. The lowest BCUT2D eigenvalue weighted by Crippen LogP contribution is -2.27. The van der Waals surface area contributed by atoms with Crippen molar-refractivity contribution < 1.29 is 4.79 Å². The first-order chi connectivity index (χ1) is 11.3. The van der Waals surface area contributed by atoms with Crippen molar-refractivity contribution in [3.05, 3.63) is 60.2 Å². The van der Waals surface area contributed by atoms with Gasteiger partial charge in [0, 0.05) is 31.0 Å². The van der Waals surface area contributed by atoms with Gasteiger partial charge >= 0.3 is 0 Å². The highest BCUT2D eigenvalue weighted by atomic mass is 16.1. The van der Waals surface area contributed by atoms with E-state index in [4.69, 9.17) is 5.73 Å². The molecule has 0 saturated carbocycles. The summed E-state index contributed by atoms with van der Waals surface area (Å²) < 4.78 is 0. The average Bonchev–Trinajstić information content (AvgIpc) is 3.11. The zero-order valence-corrected chi connectivity index (χ0v) is 13.2. The van der Waals surface area contributed by atoms with Gasteiger partial charge in [0.05, 0.1) is 5.92 Å². The first-order valence-electron chi connectivity index (χ1n) is 8.19. The van der Waals surface area contributed by atoms with Crippen LogP contribution in [0.2, 0.25) is 0 Å². The summed E-state index contributed by atoms with van der Waals surface area (Å²) in [6.45, 7) is 2.47. The second-order valence-electron chi connectivity index (χ2n) is 5.93. The molecule has 1 fully saturated rings. The first-order valence-corrected chi connectivity index (χ1v) is 8.19. The number of amides is 1. The zero-order valence-electron chi connectivity index (χ0n) is 13.2. The summed E-state index contributed by atoms with van der Waals surface area (Å²) in [7, 11) is 0. The third-order valence-electron chi connectivity index (χ3n) is 4.34. The van der Waals surface area contributed by atoms with Crippen LogP contribution >= 0.6 is 0 Å². The minimum absolute atomic E-state index is 0.0581. The molecule has 1 aliphatic heterocycles. The monoisotopic (exact) mass is 309 g/mol. The minimum Gasteiger partial charge on any atom is -0.371 e. The molecule has 0 radical (unpaired) electrons. The summed E-state index contributed by atoms with van der Waals surface area (Å²) in [5, 5.41) is 3.01. The molecule has 0 aliphatic carbocycles. The van der Waals surface area contributed by atoms with Gasteiger partial charge in [0.15, 0.2) is 0 Å². The fraction of sp³-hybridized carbons (Fsp3) is 0.316. The van der Waals surface area contributed by atoms with Crippen LogP contribution in [-0.4, -0.2) is 25.5 Å².